The molecule has 1 heterocycles. The van der Waals surface area contributed by atoms with E-state index in [2.05, 4.69) is 5.32 Å². The molecule has 0 fully saturated rings. The van der Waals surface area contributed by atoms with E-state index < -0.39 is 0 Å². The standard InChI is InChI=1S/C16H12N2O3/c17-10-11-1-3-12(4-2-11)16(19)18-13-5-6-14-15(9-13)21-8-7-20-14/h1-6,9H,7-8H2,(H,18,19). The van der Waals surface area contributed by atoms with Crippen LogP contribution in [0.3, 0.4) is 0 Å². The van der Waals surface area contributed by atoms with Crippen LogP contribution in [-0.2, 0) is 0 Å². The molecule has 0 aliphatic carbocycles. The van der Waals surface area contributed by atoms with E-state index in [1.807, 2.05) is 6.07 Å². The molecular weight excluding hydrogens is 268 g/mol. The van der Waals surface area contributed by atoms with Gasteiger partial charge in [0.05, 0.1) is 11.6 Å². The highest BCUT2D eigenvalue weighted by Crippen LogP contribution is 2.32. The minimum Gasteiger partial charge on any atom is -0.486 e. The number of carbonyl (C=O) groups excluding carboxylic acids is 1. The fourth-order valence-electron chi connectivity index (χ4n) is 2.02. The van der Waals surface area contributed by atoms with Crippen LogP contribution < -0.4 is 14.8 Å². The molecule has 5 nitrogen and oxygen atoms in total. The first-order valence-corrected chi connectivity index (χ1v) is 6.47. The molecule has 3 rings (SSSR count). The molecule has 0 aromatic heterocycles. The number of rotatable bonds is 2. The lowest BCUT2D eigenvalue weighted by Gasteiger charge is -2.19. The lowest BCUT2D eigenvalue weighted by atomic mass is 10.1. The minimum atomic E-state index is -0.240. The Hall–Kier alpha value is -3.00. The van der Waals surface area contributed by atoms with Crippen molar-refractivity contribution in [3.63, 3.8) is 0 Å². The molecular formula is C16H12N2O3. The van der Waals surface area contributed by atoms with E-state index in [0.29, 0.717) is 41.5 Å². The number of nitrogens with one attached hydrogen (secondary N) is 1. The van der Waals surface area contributed by atoms with E-state index in [4.69, 9.17) is 14.7 Å². The number of nitriles is 1. The SMILES string of the molecule is N#Cc1ccc(C(=O)Nc2ccc3c(c2)OCCO3)cc1. The van der Waals surface area contributed by atoms with Crippen molar-refractivity contribution in [2.24, 2.45) is 0 Å². The number of carbonyl (C=O) groups is 1. The molecule has 2 aromatic carbocycles. The second-order valence-corrected chi connectivity index (χ2v) is 4.50. The van der Waals surface area contributed by atoms with Gasteiger partial charge >= 0.3 is 0 Å². The molecule has 0 spiro atoms. The van der Waals surface area contributed by atoms with E-state index in [-0.39, 0.29) is 5.91 Å². The summed E-state index contributed by atoms with van der Waals surface area (Å²) in [7, 11) is 0. The van der Waals surface area contributed by atoms with Crippen molar-refractivity contribution < 1.29 is 14.3 Å². The number of anilines is 1. The van der Waals surface area contributed by atoms with Gasteiger partial charge in [-0.25, -0.2) is 0 Å². The summed E-state index contributed by atoms with van der Waals surface area (Å²) in [6, 6.07) is 13.7. The maximum Gasteiger partial charge on any atom is 0.255 e. The zero-order valence-electron chi connectivity index (χ0n) is 11.1. The van der Waals surface area contributed by atoms with Gasteiger partial charge in [0.2, 0.25) is 0 Å². The van der Waals surface area contributed by atoms with Crippen molar-refractivity contribution in [1.29, 1.82) is 5.26 Å². The molecule has 1 N–H and O–H groups in total. The van der Waals surface area contributed by atoms with E-state index >= 15 is 0 Å². The number of nitrogens with zero attached hydrogens (tertiary/aromatic N) is 1. The summed E-state index contributed by atoms with van der Waals surface area (Å²) in [5.41, 5.74) is 1.64. The van der Waals surface area contributed by atoms with Gasteiger partial charge in [0.15, 0.2) is 11.5 Å². The highest BCUT2D eigenvalue weighted by Gasteiger charge is 2.13. The predicted octanol–water partition coefficient (Wildman–Crippen LogP) is 2.58. The summed E-state index contributed by atoms with van der Waals surface area (Å²) < 4.78 is 10.9. The van der Waals surface area contributed by atoms with Gasteiger partial charge in [-0.05, 0) is 36.4 Å². The monoisotopic (exact) mass is 280 g/mol. The average molecular weight is 280 g/mol. The Morgan fingerprint density at radius 3 is 2.48 bits per heavy atom. The van der Waals surface area contributed by atoms with Crippen LogP contribution in [0.1, 0.15) is 15.9 Å². The lowest BCUT2D eigenvalue weighted by Crippen LogP contribution is -2.16. The fourth-order valence-corrected chi connectivity index (χ4v) is 2.02. The molecule has 2 aromatic rings. The summed E-state index contributed by atoms with van der Waals surface area (Å²) in [5, 5.41) is 11.5. The molecule has 0 bridgehead atoms. The first-order chi connectivity index (χ1) is 10.3. The van der Waals surface area contributed by atoms with Crippen LogP contribution >= 0.6 is 0 Å². The number of benzene rings is 2. The Kier molecular flexibility index (Phi) is 3.44. The van der Waals surface area contributed by atoms with Crippen molar-refractivity contribution in [2.45, 2.75) is 0 Å². The highest BCUT2D eigenvalue weighted by atomic mass is 16.6. The Morgan fingerprint density at radius 2 is 1.76 bits per heavy atom. The Balaban J connectivity index is 1.76. The van der Waals surface area contributed by atoms with Gasteiger partial charge < -0.3 is 14.8 Å². The third-order valence-corrected chi connectivity index (χ3v) is 3.08. The molecule has 1 aliphatic rings. The fraction of sp³-hybridized carbons (Fsp3) is 0.125. The molecule has 1 aliphatic heterocycles. The van der Waals surface area contributed by atoms with Gasteiger partial charge in [0.1, 0.15) is 13.2 Å². The van der Waals surface area contributed by atoms with Gasteiger partial charge in [0.25, 0.3) is 5.91 Å². The number of ether oxygens (including phenoxy) is 2. The minimum absolute atomic E-state index is 0.240. The Labute approximate surface area is 121 Å². The Bertz CT molecular complexity index is 717. The van der Waals surface area contributed by atoms with Gasteiger partial charge in [0, 0.05) is 17.3 Å². The smallest absolute Gasteiger partial charge is 0.255 e. The zero-order valence-corrected chi connectivity index (χ0v) is 11.1. The van der Waals surface area contributed by atoms with Gasteiger partial charge in [-0.1, -0.05) is 0 Å². The summed E-state index contributed by atoms with van der Waals surface area (Å²) in [4.78, 5) is 12.1. The van der Waals surface area contributed by atoms with E-state index in [9.17, 15) is 4.79 Å². The highest BCUT2D eigenvalue weighted by molar-refractivity contribution is 6.04. The van der Waals surface area contributed by atoms with Gasteiger partial charge in [-0.3, -0.25) is 4.79 Å². The third kappa shape index (κ3) is 2.79. The number of fused-ring (bicyclic) bond motifs is 1. The quantitative estimate of drug-likeness (QED) is 0.917. The van der Waals surface area contributed by atoms with Crippen molar-refractivity contribution >= 4 is 11.6 Å². The first-order valence-electron chi connectivity index (χ1n) is 6.47. The van der Waals surface area contributed by atoms with Crippen molar-refractivity contribution in [3.05, 3.63) is 53.6 Å². The predicted molar refractivity (Wildman–Crippen MR) is 76.5 cm³/mol. The number of hydrogen-bond acceptors (Lipinski definition) is 4. The number of hydrogen-bond donors (Lipinski definition) is 1. The molecule has 104 valence electrons. The van der Waals surface area contributed by atoms with Crippen molar-refractivity contribution in [1.82, 2.24) is 0 Å². The first kappa shape index (κ1) is 13.0. The van der Waals surface area contributed by atoms with Crippen LogP contribution in [0.2, 0.25) is 0 Å². The maximum atomic E-state index is 12.1. The summed E-state index contributed by atoms with van der Waals surface area (Å²) >= 11 is 0. The van der Waals surface area contributed by atoms with E-state index in [1.165, 1.54) is 0 Å². The van der Waals surface area contributed by atoms with Crippen LogP contribution in [0.5, 0.6) is 11.5 Å². The maximum absolute atomic E-state index is 12.1. The molecule has 0 unspecified atom stereocenters. The molecule has 5 heteroatoms. The second-order valence-electron chi connectivity index (χ2n) is 4.50. The van der Waals surface area contributed by atoms with E-state index in [0.717, 1.165) is 0 Å². The zero-order chi connectivity index (χ0) is 14.7. The van der Waals surface area contributed by atoms with Gasteiger partial charge in [-0.2, -0.15) is 5.26 Å². The molecule has 0 atom stereocenters. The van der Waals surface area contributed by atoms with Crippen LogP contribution in [0.25, 0.3) is 0 Å². The molecule has 0 radical (unpaired) electrons. The lowest BCUT2D eigenvalue weighted by molar-refractivity contribution is 0.102. The Morgan fingerprint density at radius 1 is 1.05 bits per heavy atom. The largest absolute Gasteiger partial charge is 0.486 e. The third-order valence-electron chi connectivity index (χ3n) is 3.08. The summed E-state index contributed by atoms with van der Waals surface area (Å²) in [6.45, 7) is 1.03. The van der Waals surface area contributed by atoms with Crippen molar-refractivity contribution in [2.75, 3.05) is 18.5 Å². The normalized spacial score (nSPS) is 12.3. The molecule has 0 saturated heterocycles. The van der Waals surface area contributed by atoms with Crippen LogP contribution in [0, 0.1) is 11.3 Å². The summed E-state index contributed by atoms with van der Waals surface area (Å²) in [5.74, 6) is 1.06. The average Bonchev–Trinajstić information content (AvgIpc) is 2.55. The molecule has 21 heavy (non-hydrogen) atoms. The van der Waals surface area contributed by atoms with Crippen LogP contribution in [0.15, 0.2) is 42.5 Å². The topological polar surface area (TPSA) is 71.4 Å². The van der Waals surface area contributed by atoms with E-state index in [1.54, 1.807) is 42.5 Å². The summed E-state index contributed by atoms with van der Waals surface area (Å²) in [6.07, 6.45) is 0. The molecule has 1 amide bonds. The van der Waals surface area contributed by atoms with Gasteiger partial charge in [-0.15, -0.1) is 0 Å². The van der Waals surface area contributed by atoms with Crippen molar-refractivity contribution in [3.8, 4) is 17.6 Å². The molecule has 0 saturated carbocycles. The second kappa shape index (κ2) is 5.55. The van der Waals surface area contributed by atoms with Crippen LogP contribution in [0.4, 0.5) is 5.69 Å². The number of amides is 1. The van der Waals surface area contributed by atoms with Crippen LogP contribution in [-0.4, -0.2) is 19.1 Å².